The number of rotatable bonds is 2. The van der Waals surface area contributed by atoms with Crippen molar-refractivity contribution in [3.05, 3.63) is 65.9 Å². The summed E-state index contributed by atoms with van der Waals surface area (Å²) in [7, 11) is 0.927. The van der Waals surface area contributed by atoms with Crippen LogP contribution < -0.4 is 11.2 Å². The quantitative estimate of drug-likeness (QED) is 0.602. The molecule has 0 spiro atoms. The minimum atomic E-state index is -4.85. The van der Waals surface area contributed by atoms with Gasteiger partial charge in [-0.25, -0.2) is 14.3 Å². The molecule has 0 unspecified atom stereocenters. The van der Waals surface area contributed by atoms with Crippen LogP contribution in [0.5, 0.6) is 0 Å². The molecule has 11 heteroatoms. The van der Waals surface area contributed by atoms with Gasteiger partial charge >= 0.3 is 11.9 Å². The fourth-order valence-corrected chi connectivity index (χ4v) is 3.91. The number of benzene rings is 1. The molecule has 0 aliphatic heterocycles. The maximum absolute atomic E-state index is 13.0. The molecule has 0 amide bonds. The third-order valence-electron chi connectivity index (χ3n) is 3.74. The smallest absolute Gasteiger partial charge is 0.292 e. The molecule has 3 aromatic rings. The van der Waals surface area contributed by atoms with Crippen LogP contribution in [0.2, 0.25) is 10.0 Å². The first-order chi connectivity index (χ1) is 12.5. The summed E-state index contributed by atoms with van der Waals surface area (Å²) in [6.07, 6.45) is -4.85. The summed E-state index contributed by atoms with van der Waals surface area (Å²) in [4.78, 5) is 29.0. The van der Waals surface area contributed by atoms with Crippen molar-refractivity contribution in [2.24, 2.45) is 7.05 Å². The summed E-state index contributed by atoms with van der Waals surface area (Å²) < 4.78 is 39.9. The van der Waals surface area contributed by atoms with E-state index < -0.39 is 23.1 Å². The summed E-state index contributed by atoms with van der Waals surface area (Å²) in [5, 5.41) is 2.47. The Balaban J connectivity index is 2.31. The van der Waals surface area contributed by atoms with E-state index in [-0.39, 0.29) is 15.7 Å². The molecule has 0 N–H and O–H groups in total. The molecule has 0 saturated carbocycles. The number of aryl methyl sites for hydroxylation is 1. The Morgan fingerprint density at radius 3 is 2.33 bits per heavy atom. The molecule has 5 nitrogen and oxygen atoms in total. The number of aromatic nitrogens is 3. The fraction of sp³-hybridized carbons (Fsp3) is 0.188. The van der Waals surface area contributed by atoms with E-state index in [1.807, 2.05) is 0 Å². The average Bonchev–Trinajstić information content (AvgIpc) is 2.98. The molecule has 0 atom stereocenters. The first kappa shape index (κ1) is 19.7. The molecule has 2 aromatic heterocycles. The number of halogens is 5. The second-order valence-electron chi connectivity index (χ2n) is 5.62. The van der Waals surface area contributed by atoms with Crippen molar-refractivity contribution >= 4 is 34.5 Å². The van der Waals surface area contributed by atoms with Crippen LogP contribution in [-0.2, 0) is 13.2 Å². The maximum atomic E-state index is 13.0. The second-order valence-corrected chi connectivity index (χ2v) is 7.29. The first-order valence-corrected chi connectivity index (χ1v) is 8.96. The van der Waals surface area contributed by atoms with E-state index in [4.69, 9.17) is 23.2 Å². The predicted molar refractivity (Wildman–Crippen MR) is 98.1 cm³/mol. The molecule has 0 saturated heterocycles. The van der Waals surface area contributed by atoms with Crippen molar-refractivity contribution in [2.75, 3.05) is 0 Å². The summed E-state index contributed by atoms with van der Waals surface area (Å²) in [6, 6.07) is 3.02. The van der Waals surface area contributed by atoms with Gasteiger partial charge in [-0.15, -0.1) is 11.3 Å². The number of thiazole rings is 1. The van der Waals surface area contributed by atoms with Gasteiger partial charge in [-0.05, 0) is 19.1 Å². The number of nitrogens with zero attached hydrogens (tertiary/aromatic N) is 3. The van der Waals surface area contributed by atoms with Gasteiger partial charge in [-0.2, -0.15) is 13.2 Å². The molecular formula is C16H10Cl2F3N3O2S. The van der Waals surface area contributed by atoms with Crippen LogP contribution in [0.15, 0.2) is 33.2 Å². The Morgan fingerprint density at radius 1 is 1.11 bits per heavy atom. The molecule has 27 heavy (non-hydrogen) atoms. The molecular weight excluding hydrogens is 426 g/mol. The highest BCUT2D eigenvalue weighted by atomic mass is 35.5. The van der Waals surface area contributed by atoms with E-state index in [2.05, 4.69) is 4.98 Å². The SMILES string of the molecule is Cc1csc(-c2cc(-n3c(=O)cc(C(F)(F)F)n(C)c3=O)c(Cl)cc2Cl)n1. The van der Waals surface area contributed by atoms with Crippen LogP contribution in [-0.4, -0.2) is 14.1 Å². The van der Waals surface area contributed by atoms with E-state index in [9.17, 15) is 22.8 Å². The minimum Gasteiger partial charge on any atom is -0.292 e. The van der Waals surface area contributed by atoms with Crippen LogP contribution in [0.4, 0.5) is 13.2 Å². The van der Waals surface area contributed by atoms with Gasteiger partial charge in [0.15, 0.2) is 0 Å². The van der Waals surface area contributed by atoms with Crippen LogP contribution in [0.3, 0.4) is 0 Å². The minimum absolute atomic E-state index is 0.0593. The van der Waals surface area contributed by atoms with Crippen molar-refractivity contribution in [3.8, 4) is 16.3 Å². The molecule has 3 rings (SSSR count). The van der Waals surface area contributed by atoms with Crippen LogP contribution in [0, 0.1) is 6.92 Å². The van der Waals surface area contributed by atoms with Crippen molar-refractivity contribution in [2.45, 2.75) is 13.1 Å². The zero-order chi connectivity index (χ0) is 20.1. The molecule has 0 radical (unpaired) electrons. The molecule has 1 aromatic carbocycles. The predicted octanol–water partition coefficient (Wildman–Crippen LogP) is 4.29. The van der Waals surface area contributed by atoms with Gasteiger partial charge in [-0.1, -0.05) is 23.2 Å². The second kappa shape index (κ2) is 6.81. The zero-order valence-electron chi connectivity index (χ0n) is 13.8. The lowest BCUT2D eigenvalue weighted by Gasteiger charge is -2.15. The van der Waals surface area contributed by atoms with Gasteiger partial charge in [0, 0.05) is 29.8 Å². The Labute approximate surface area is 164 Å². The Hall–Kier alpha value is -2.10. The van der Waals surface area contributed by atoms with E-state index >= 15 is 0 Å². The van der Waals surface area contributed by atoms with Gasteiger partial charge in [0.2, 0.25) is 0 Å². The number of alkyl halides is 3. The van der Waals surface area contributed by atoms with E-state index in [0.717, 1.165) is 12.7 Å². The largest absolute Gasteiger partial charge is 0.431 e. The highest BCUT2D eigenvalue weighted by Gasteiger charge is 2.35. The van der Waals surface area contributed by atoms with Crippen molar-refractivity contribution in [3.63, 3.8) is 0 Å². The summed E-state index contributed by atoms with van der Waals surface area (Å²) in [5.41, 5.74) is -2.62. The van der Waals surface area contributed by atoms with Gasteiger partial charge in [0.1, 0.15) is 10.7 Å². The lowest BCUT2D eigenvalue weighted by atomic mass is 10.2. The zero-order valence-corrected chi connectivity index (χ0v) is 16.1. The lowest BCUT2D eigenvalue weighted by Crippen LogP contribution is -2.40. The summed E-state index contributed by atoms with van der Waals surface area (Å²) >= 11 is 13.6. The molecule has 0 aliphatic carbocycles. The third kappa shape index (κ3) is 3.54. The van der Waals surface area contributed by atoms with Gasteiger partial charge in [0.05, 0.1) is 15.7 Å². The van der Waals surface area contributed by atoms with E-state index in [0.29, 0.717) is 25.8 Å². The molecule has 142 valence electrons. The highest BCUT2D eigenvalue weighted by Crippen LogP contribution is 2.35. The van der Waals surface area contributed by atoms with E-state index in [1.54, 1.807) is 12.3 Å². The summed E-state index contributed by atoms with van der Waals surface area (Å²) in [6.45, 7) is 1.78. The normalized spacial score (nSPS) is 11.8. The van der Waals surface area contributed by atoms with Crippen LogP contribution in [0.1, 0.15) is 11.4 Å². The van der Waals surface area contributed by atoms with Crippen molar-refractivity contribution in [1.82, 2.24) is 14.1 Å². The fourth-order valence-electron chi connectivity index (χ4n) is 2.47. The highest BCUT2D eigenvalue weighted by molar-refractivity contribution is 7.13. The molecule has 0 fully saturated rings. The van der Waals surface area contributed by atoms with Gasteiger partial charge in [-0.3, -0.25) is 9.36 Å². The lowest BCUT2D eigenvalue weighted by molar-refractivity contribution is -0.144. The maximum Gasteiger partial charge on any atom is 0.431 e. The van der Waals surface area contributed by atoms with Crippen molar-refractivity contribution in [1.29, 1.82) is 0 Å². The van der Waals surface area contributed by atoms with Crippen LogP contribution in [0.25, 0.3) is 16.3 Å². The molecule has 0 bridgehead atoms. The Morgan fingerprint density at radius 2 is 1.78 bits per heavy atom. The molecule has 2 heterocycles. The molecule has 0 aliphatic rings. The van der Waals surface area contributed by atoms with Crippen molar-refractivity contribution < 1.29 is 13.2 Å². The number of hydrogen-bond donors (Lipinski definition) is 0. The average molecular weight is 436 g/mol. The Kier molecular flexibility index (Phi) is 4.96. The first-order valence-electron chi connectivity index (χ1n) is 7.33. The van der Waals surface area contributed by atoms with E-state index in [1.165, 1.54) is 23.5 Å². The topological polar surface area (TPSA) is 56.9 Å². The Bertz CT molecular complexity index is 1170. The third-order valence-corrected chi connectivity index (χ3v) is 5.35. The standard InChI is InChI=1S/C16H10Cl2F3N3O2S/c1-7-6-27-14(22-7)8-3-11(10(18)4-9(8)17)24-13(25)5-12(16(19,20)21)23(2)15(24)26/h3-6H,1-2H3. The van der Waals surface area contributed by atoms with Gasteiger partial charge in [0.25, 0.3) is 5.56 Å². The number of hydrogen-bond acceptors (Lipinski definition) is 4. The van der Waals surface area contributed by atoms with Crippen LogP contribution >= 0.6 is 34.5 Å². The van der Waals surface area contributed by atoms with Gasteiger partial charge < -0.3 is 0 Å². The monoisotopic (exact) mass is 435 g/mol. The summed E-state index contributed by atoms with van der Waals surface area (Å²) in [5.74, 6) is 0.